The average molecular weight is 270 g/mol. The Morgan fingerprint density at radius 2 is 1.90 bits per heavy atom. The van der Waals surface area contributed by atoms with Gasteiger partial charge in [0.1, 0.15) is 12.3 Å². The number of rotatable bonds is 5. The predicted octanol–water partition coefficient (Wildman–Crippen LogP) is 1.81. The van der Waals surface area contributed by atoms with Gasteiger partial charge in [-0.2, -0.15) is 0 Å². The van der Waals surface area contributed by atoms with Crippen molar-refractivity contribution >= 4 is 23.6 Å². The number of amides is 2. The van der Waals surface area contributed by atoms with Crippen molar-refractivity contribution in [3.8, 4) is 0 Å². The second kappa shape index (κ2) is 6.38. The second-order valence-corrected chi connectivity index (χ2v) is 4.07. The number of hydrogen-bond acceptors (Lipinski definition) is 3. The van der Waals surface area contributed by atoms with Crippen LogP contribution in [0.15, 0.2) is 59.2 Å². The monoisotopic (exact) mass is 270 g/mol. The number of para-hydroxylation sites is 1. The number of nitrogens with zero attached hydrogens (tertiary/aromatic N) is 1. The minimum atomic E-state index is -0.575. The van der Waals surface area contributed by atoms with E-state index in [0.29, 0.717) is 11.4 Å². The van der Waals surface area contributed by atoms with Crippen LogP contribution in [0.4, 0.5) is 5.69 Å². The summed E-state index contributed by atoms with van der Waals surface area (Å²) < 4.78 is 5.10. The first-order valence-corrected chi connectivity index (χ1v) is 6.03. The fraction of sp³-hybridized carbons (Fsp3) is 0.0667. The number of hydrogen-bond donors (Lipinski definition) is 1. The Kier molecular flexibility index (Phi) is 4.34. The first-order chi connectivity index (χ1) is 9.66. The zero-order valence-corrected chi connectivity index (χ0v) is 10.7. The molecule has 0 radical (unpaired) electrons. The number of benzene rings is 1. The molecule has 2 aromatic rings. The van der Waals surface area contributed by atoms with Crippen LogP contribution in [-0.4, -0.2) is 18.4 Å². The Labute approximate surface area is 116 Å². The van der Waals surface area contributed by atoms with E-state index in [-0.39, 0.29) is 12.5 Å². The summed E-state index contributed by atoms with van der Waals surface area (Å²) in [5, 5.41) is 0. The molecule has 0 unspecified atom stereocenters. The van der Waals surface area contributed by atoms with Crippen molar-refractivity contribution < 1.29 is 14.0 Å². The number of carbonyl (C=O) groups is 2. The molecule has 0 bridgehead atoms. The Bertz CT molecular complexity index is 603. The van der Waals surface area contributed by atoms with Crippen molar-refractivity contribution in [2.75, 3.05) is 11.4 Å². The molecule has 0 spiro atoms. The smallest absolute Gasteiger partial charge is 0.251 e. The van der Waals surface area contributed by atoms with Crippen LogP contribution in [0, 0.1) is 0 Å². The van der Waals surface area contributed by atoms with Gasteiger partial charge in [-0.1, -0.05) is 18.2 Å². The van der Waals surface area contributed by atoms with E-state index in [1.54, 1.807) is 42.5 Å². The molecule has 2 rings (SSSR count). The number of furan rings is 1. The third kappa shape index (κ3) is 3.58. The first-order valence-electron chi connectivity index (χ1n) is 6.03. The van der Waals surface area contributed by atoms with Crippen molar-refractivity contribution in [1.29, 1.82) is 0 Å². The van der Waals surface area contributed by atoms with Gasteiger partial charge in [0.05, 0.1) is 6.26 Å². The predicted molar refractivity (Wildman–Crippen MR) is 75.7 cm³/mol. The van der Waals surface area contributed by atoms with Gasteiger partial charge in [0.2, 0.25) is 5.91 Å². The Morgan fingerprint density at radius 3 is 2.50 bits per heavy atom. The summed E-state index contributed by atoms with van der Waals surface area (Å²) in [4.78, 5) is 24.6. The van der Waals surface area contributed by atoms with Crippen molar-refractivity contribution in [2.45, 2.75) is 0 Å². The van der Waals surface area contributed by atoms with Crippen molar-refractivity contribution in [1.82, 2.24) is 0 Å². The molecular weight excluding hydrogens is 256 g/mol. The minimum Gasteiger partial charge on any atom is -0.465 e. The summed E-state index contributed by atoms with van der Waals surface area (Å²) in [7, 11) is 0. The van der Waals surface area contributed by atoms with Crippen LogP contribution in [0.5, 0.6) is 0 Å². The molecule has 5 heteroatoms. The fourth-order valence-electron chi connectivity index (χ4n) is 1.69. The number of carbonyl (C=O) groups excluding carboxylic acids is 2. The molecule has 0 saturated carbocycles. The molecule has 0 saturated heterocycles. The highest BCUT2D eigenvalue weighted by molar-refractivity contribution is 6.06. The molecule has 2 amide bonds. The van der Waals surface area contributed by atoms with Crippen LogP contribution >= 0.6 is 0 Å². The highest BCUT2D eigenvalue weighted by atomic mass is 16.3. The Morgan fingerprint density at radius 1 is 1.15 bits per heavy atom. The van der Waals surface area contributed by atoms with Gasteiger partial charge in [0.15, 0.2) is 0 Å². The zero-order valence-electron chi connectivity index (χ0n) is 10.7. The summed E-state index contributed by atoms with van der Waals surface area (Å²) in [5.41, 5.74) is 5.80. The molecular formula is C15H14N2O3. The minimum absolute atomic E-state index is 0.175. The number of nitrogens with two attached hydrogens (primary N) is 1. The lowest BCUT2D eigenvalue weighted by Gasteiger charge is -2.19. The Hall–Kier alpha value is -2.82. The third-order valence-electron chi connectivity index (χ3n) is 2.58. The van der Waals surface area contributed by atoms with E-state index in [4.69, 9.17) is 10.2 Å². The van der Waals surface area contributed by atoms with Gasteiger partial charge in [0, 0.05) is 11.8 Å². The van der Waals surface area contributed by atoms with Gasteiger partial charge in [-0.25, -0.2) is 0 Å². The van der Waals surface area contributed by atoms with E-state index in [2.05, 4.69) is 0 Å². The molecule has 20 heavy (non-hydrogen) atoms. The summed E-state index contributed by atoms with van der Waals surface area (Å²) in [6.45, 7) is -0.175. The molecule has 102 valence electrons. The summed E-state index contributed by atoms with van der Waals surface area (Å²) >= 11 is 0. The van der Waals surface area contributed by atoms with Gasteiger partial charge in [-0.05, 0) is 30.3 Å². The topological polar surface area (TPSA) is 76.5 Å². The van der Waals surface area contributed by atoms with Gasteiger partial charge < -0.3 is 10.2 Å². The SMILES string of the molecule is NC(=O)CN(C(=O)/C=C/c1ccco1)c1ccccc1. The molecule has 0 aliphatic heterocycles. The highest BCUT2D eigenvalue weighted by Crippen LogP contribution is 2.14. The van der Waals surface area contributed by atoms with Crippen LogP contribution in [0.1, 0.15) is 5.76 Å². The molecule has 0 fully saturated rings. The first kappa shape index (κ1) is 13.6. The number of anilines is 1. The molecule has 0 aliphatic carbocycles. The van der Waals surface area contributed by atoms with Gasteiger partial charge in [-0.3, -0.25) is 14.5 Å². The number of primary amides is 1. The summed E-state index contributed by atoms with van der Waals surface area (Å²) in [6.07, 6.45) is 4.40. The van der Waals surface area contributed by atoms with E-state index in [1.807, 2.05) is 6.07 Å². The van der Waals surface area contributed by atoms with Crippen LogP contribution in [0.2, 0.25) is 0 Å². The van der Waals surface area contributed by atoms with E-state index < -0.39 is 5.91 Å². The second-order valence-electron chi connectivity index (χ2n) is 4.07. The van der Waals surface area contributed by atoms with Crippen molar-refractivity contribution in [3.63, 3.8) is 0 Å². The molecule has 1 aromatic carbocycles. The molecule has 0 atom stereocenters. The van der Waals surface area contributed by atoms with E-state index >= 15 is 0 Å². The van der Waals surface area contributed by atoms with Crippen LogP contribution in [0.3, 0.4) is 0 Å². The summed E-state index contributed by atoms with van der Waals surface area (Å²) in [6, 6.07) is 12.3. The lowest BCUT2D eigenvalue weighted by Crippen LogP contribution is -2.37. The van der Waals surface area contributed by atoms with Gasteiger partial charge >= 0.3 is 0 Å². The average Bonchev–Trinajstić information content (AvgIpc) is 2.96. The lowest BCUT2D eigenvalue weighted by atomic mass is 10.2. The van der Waals surface area contributed by atoms with Crippen molar-refractivity contribution in [3.05, 3.63) is 60.6 Å². The molecule has 0 aliphatic rings. The van der Waals surface area contributed by atoms with Crippen LogP contribution in [-0.2, 0) is 9.59 Å². The lowest BCUT2D eigenvalue weighted by molar-refractivity contribution is -0.120. The van der Waals surface area contributed by atoms with Crippen LogP contribution < -0.4 is 10.6 Å². The third-order valence-corrected chi connectivity index (χ3v) is 2.58. The Balaban J connectivity index is 2.18. The van der Waals surface area contributed by atoms with E-state index in [0.717, 1.165) is 0 Å². The van der Waals surface area contributed by atoms with Gasteiger partial charge in [0.25, 0.3) is 5.91 Å². The quantitative estimate of drug-likeness (QED) is 0.842. The maximum absolute atomic E-state index is 12.2. The van der Waals surface area contributed by atoms with E-state index in [1.165, 1.54) is 17.2 Å². The summed E-state index contributed by atoms with van der Waals surface area (Å²) in [5.74, 6) is -0.356. The van der Waals surface area contributed by atoms with Gasteiger partial charge in [-0.15, -0.1) is 0 Å². The normalized spacial score (nSPS) is 10.6. The largest absolute Gasteiger partial charge is 0.465 e. The van der Waals surface area contributed by atoms with Crippen molar-refractivity contribution in [2.24, 2.45) is 5.73 Å². The van der Waals surface area contributed by atoms with E-state index in [9.17, 15) is 9.59 Å². The standard InChI is InChI=1S/C15H14N2O3/c16-14(18)11-17(12-5-2-1-3-6-12)15(19)9-8-13-7-4-10-20-13/h1-10H,11H2,(H2,16,18)/b9-8+. The molecule has 2 N–H and O–H groups in total. The molecule has 1 aromatic heterocycles. The maximum Gasteiger partial charge on any atom is 0.251 e. The maximum atomic E-state index is 12.2. The zero-order chi connectivity index (χ0) is 14.4. The fourth-order valence-corrected chi connectivity index (χ4v) is 1.69. The molecule has 1 heterocycles. The van der Waals surface area contributed by atoms with Crippen LogP contribution in [0.25, 0.3) is 6.08 Å². The highest BCUT2D eigenvalue weighted by Gasteiger charge is 2.15. The molecule has 5 nitrogen and oxygen atoms in total.